The summed E-state index contributed by atoms with van der Waals surface area (Å²) < 4.78 is 2.69. The number of hydrogen-bond acceptors (Lipinski definition) is 3. The molecule has 0 saturated carbocycles. The molecule has 0 bridgehead atoms. The summed E-state index contributed by atoms with van der Waals surface area (Å²) in [5.41, 5.74) is 1.71. The predicted octanol–water partition coefficient (Wildman–Crippen LogP) is 3.84. The zero-order valence-electron chi connectivity index (χ0n) is 10.4. The molecule has 0 radical (unpaired) electrons. The van der Waals surface area contributed by atoms with Crippen molar-refractivity contribution >= 4 is 33.5 Å². The van der Waals surface area contributed by atoms with E-state index in [1.165, 1.54) is 0 Å². The van der Waals surface area contributed by atoms with Crippen molar-refractivity contribution in [1.82, 2.24) is 9.78 Å². The van der Waals surface area contributed by atoms with Crippen LogP contribution in [-0.4, -0.2) is 15.6 Å². The highest BCUT2D eigenvalue weighted by Gasteiger charge is 2.08. The number of nitrogens with zero attached hydrogens (tertiary/aromatic N) is 2. The molecule has 0 aliphatic carbocycles. The molecular formula is C13H13BrN2OS. The minimum absolute atomic E-state index is 0.0646. The van der Waals surface area contributed by atoms with E-state index in [-0.39, 0.29) is 5.78 Å². The maximum Gasteiger partial charge on any atom is 0.160 e. The number of aromatic nitrogens is 2. The topological polar surface area (TPSA) is 34.9 Å². The van der Waals surface area contributed by atoms with Gasteiger partial charge in [0.15, 0.2) is 5.78 Å². The average Bonchev–Trinajstić information content (AvgIpc) is 2.57. The minimum atomic E-state index is 0.0646. The summed E-state index contributed by atoms with van der Waals surface area (Å²) in [6, 6.07) is 7.80. The van der Waals surface area contributed by atoms with Gasteiger partial charge in [-0.25, -0.2) is 0 Å². The highest BCUT2D eigenvalue weighted by molar-refractivity contribution is 9.10. The predicted molar refractivity (Wildman–Crippen MR) is 76.2 cm³/mol. The summed E-state index contributed by atoms with van der Waals surface area (Å²) in [7, 11) is 1.92. The molecule has 3 nitrogen and oxygen atoms in total. The lowest BCUT2D eigenvalue weighted by Crippen LogP contribution is -1.94. The third-order valence-electron chi connectivity index (χ3n) is 2.50. The van der Waals surface area contributed by atoms with E-state index < -0.39 is 0 Å². The molecule has 2 rings (SSSR count). The Kier molecular flexibility index (Phi) is 3.92. The van der Waals surface area contributed by atoms with Gasteiger partial charge in [0, 0.05) is 22.0 Å². The van der Waals surface area contributed by atoms with Crippen molar-refractivity contribution in [2.75, 3.05) is 0 Å². The Morgan fingerprint density at radius 2 is 2.11 bits per heavy atom. The normalized spacial score (nSPS) is 10.7. The van der Waals surface area contributed by atoms with E-state index in [9.17, 15) is 4.79 Å². The summed E-state index contributed by atoms with van der Waals surface area (Å²) >= 11 is 5.06. The third kappa shape index (κ3) is 2.84. The first kappa shape index (κ1) is 13.4. The van der Waals surface area contributed by atoms with Gasteiger partial charge in [0.2, 0.25) is 0 Å². The van der Waals surface area contributed by atoms with Crippen LogP contribution in [0, 0.1) is 6.92 Å². The number of hydrogen-bond donors (Lipinski definition) is 0. The largest absolute Gasteiger partial charge is 0.294 e. The van der Waals surface area contributed by atoms with Crippen LogP contribution in [0.5, 0.6) is 0 Å². The van der Waals surface area contributed by atoms with Gasteiger partial charge in [0.05, 0.1) is 10.7 Å². The Labute approximate surface area is 119 Å². The summed E-state index contributed by atoms with van der Waals surface area (Å²) in [6.07, 6.45) is 0. The molecule has 0 unspecified atom stereocenters. The van der Waals surface area contributed by atoms with Gasteiger partial charge in [0.1, 0.15) is 0 Å². The smallest absolute Gasteiger partial charge is 0.160 e. The van der Waals surface area contributed by atoms with E-state index in [4.69, 9.17) is 0 Å². The maximum absolute atomic E-state index is 11.3. The van der Waals surface area contributed by atoms with Crippen molar-refractivity contribution in [3.05, 3.63) is 40.0 Å². The maximum atomic E-state index is 11.3. The molecule has 0 aliphatic heterocycles. The van der Waals surface area contributed by atoms with Crippen LogP contribution in [0.25, 0.3) is 0 Å². The Hall–Kier alpha value is -1.07. The quantitative estimate of drug-likeness (QED) is 0.804. The number of aryl methyl sites for hydroxylation is 2. The lowest BCUT2D eigenvalue weighted by atomic mass is 10.2. The van der Waals surface area contributed by atoms with Gasteiger partial charge in [-0.1, -0.05) is 27.7 Å². The highest BCUT2D eigenvalue weighted by atomic mass is 79.9. The Morgan fingerprint density at radius 1 is 1.39 bits per heavy atom. The van der Waals surface area contributed by atoms with Crippen LogP contribution < -0.4 is 0 Å². The average molecular weight is 325 g/mol. The van der Waals surface area contributed by atoms with E-state index in [1.807, 2.05) is 42.9 Å². The van der Waals surface area contributed by atoms with Gasteiger partial charge < -0.3 is 0 Å². The van der Waals surface area contributed by atoms with Crippen LogP contribution in [0.2, 0.25) is 0 Å². The molecule has 0 spiro atoms. The first-order valence-corrected chi connectivity index (χ1v) is 7.07. The fourth-order valence-electron chi connectivity index (χ4n) is 1.65. The minimum Gasteiger partial charge on any atom is -0.294 e. The summed E-state index contributed by atoms with van der Waals surface area (Å²) in [5, 5.41) is 5.38. The number of carbonyl (C=O) groups is 1. The molecule has 1 aromatic heterocycles. The van der Waals surface area contributed by atoms with Crippen LogP contribution in [0.4, 0.5) is 0 Å². The molecular weight excluding hydrogens is 312 g/mol. The summed E-state index contributed by atoms with van der Waals surface area (Å²) in [5.74, 6) is 0.0646. The third-order valence-corrected chi connectivity index (χ3v) is 4.24. The van der Waals surface area contributed by atoms with Crippen LogP contribution >= 0.6 is 27.7 Å². The fraction of sp³-hybridized carbons (Fsp3) is 0.231. The first-order chi connectivity index (χ1) is 8.47. The van der Waals surface area contributed by atoms with E-state index in [0.717, 1.165) is 20.1 Å². The number of halogens is 1. The van der Waals surface area contributed by atoms with Crippen molar-refractivity contribution in [2.24, 2.45) is 7.05 Å². The summed E-state index contributed by atoms with van der Waals surface area (Å²) in [4.78, 5) is 12.4. The zero-order valence-corrected chi connectivity index (χ0v) is 12.8. The standard InChI is InChI=1S/C13H13BrN2OS/c1-8-6-13(16(3)15-8)18-10-4-5-11(9(2)17)12(14)7-10/h4-7H,1-3H3. The second-order valence-electron chi connectivity index (χ2n) is 4.05. The van der Waals surface area contributed by atoms with E-state index in [0.29, 0.717) is 5.56 Å². The van der Waals surface area contributed by atoms with Gasteiger partial charge in [0.25, 0.3) is 0 Å². The van der Waals surface area contributed by atoms with Crippen molar-refractivity contribution < 1.29 is 4.79 Å². The van der Waals surface area contributed by atoms with Gasteiger partial charge in [-0.15, -0.1) is 0 Å². The Balaban J connectivity index is 2.28. The molecule has 0 fully saturated rings. The number of ketones is 1. The molecule has 0 saturated heterocycles. The SMILES string of the molecule is CC(=O)c1ccc(Sc2cc(C)nn2C)cc1Br. The van der Waals surface area contributed by atoms with E-state index >= 15 is 0 Å². The van der Waals surface area contributed by atoms with E-state index in [2.05, 4.69) is 21.0 Å². The molecule has 0 amide bonds. The molecule has 1 heterocycles. The lowest BCUT2D eigenvalue weighted by molar-refractivity contribution is 0.101. The second kappa shape index (κ2) is 5.28. The van der Waals surface area contributed by atoms with Crippen molar-refractivity contribution in [3.63, 3.8) is 0 Å². The Bertz CT molecular complexity index is 607. The zero-order chi connectivity index (χ0) is 13.3. The molecule has 94 valence electrons. The number of rotatable bonds is 3. The van der Waals surface area contributed by atoms with Crippen molar-refractivity contribution in [1.29, 1.82) is 0 Å². The van der Waals surface area contributed by atoms with Crippen LogP contribution in [-0.2, 0) is 7.05 Å². The second-order valence-corrected chi connectivity index (χ2v) is 6.00. The van der Waals surface area contributed by atoms with Gasteiger partial charge >= 0.3 is 0 Å². The number of Topliss-reactive ketones (excluding diaryl/α,β-unsaturated/α-hetero) is 1. The van der Waals surface area contributed by atoms with Crippen LogP contribution in [0.1, 0.15) is 23.0 Å². The highest BCUT2D eigenvalue weighted by Crippen LogP contribution is 2.31. The molecule has 2 aromatic rings. The van der Waals surface area contributed by atoms with Gasteiger partial charge in [-0.3, -0.25) is 9.48 Å². The molecule has 0 aliphatic rings. The Morgan fingerprint density at radius 3 is 2.61 bits per heavy atom. The van der Waals surface area contributed by atoms with Crippen LogP contribution in [0.15, 0.2) is 38.7 Å². The number of carbonyl (C=O) groups excluding carboxylic acids is 1. The molecule has 0 N–H and O–H groups in total. The molecule has 1 aromatic carbocycles. The monoisotopic (exact) mass is 324 g/mol. The van der Waals surface area contributed by atoms with E-state index in [1.54, 1.807) is 18.7 Å². The lowest BCUT2D eigenvalue weighted by Gasteiger charge is -2.05. The van der Waals surface area contributed by atoms with Crippen molar-refractivity contribution in [3.8, 4) is 0 Å². The first-order valence-electron chi connectivity index (χ1n) is 5.46. The van der Waals surface area contributed by atoms with Crippen molar-refractivity contribution in [2.45, 2.75) is 23.8 Å². The summed E-state index contributed by atoms with van der Waals surface area (Å²) in [6.45, 7) is 3.54. The van der Waals surface area contributed by atoms with Crippen LogP contribution in [0.3, 0.4) is 0 Å². The molecule has 5 heteroatoms. The van der Waals surface area contributed by atoms with Gasteiger partial charge in [-0.2, -0.15) is 5.10 Å². The molecule has 18 heavy (non-hydrogen) atoms. The molecule has 0 atom stereocenters. The van der Waals surface area contributed by atoms with Gasteiger partial charge in [-0.05, 0) is 38.1 Å². The fourth-order valence-corrected chi connectivity index (χ4v) is 3.41. The number of benzene rings is 1.